The molecule has 140 valence electrons. The second-order valence-electron chi connectivity index (χ2n) is 6.10. The molecule has 7 nitrogen and oxygen atoms in total. The van der Waals surface area contributed by atoms with Gasteiger partial charge in [0.05, 0.1) is 11.2 Å². The van der Waals surface area contributed by atoms with E-state index in [-0.39, 0.29) is 24.5 Å². The Morgan fingerprint density at radius 3 is 2.75 bits per heavy atom. The van der Waals surface area contributed by atoms with E-state index in [0.29, 0.717) is 27.5 Å². The molecule has 4 aromatic rings. The summed E-state index contributed by atoms with van der Waals surface area (Å²) in [6, 6.07) is 14.2. The lowest BCUT2D eigenvalue weighted by atomic mass is 10.1. The largest absolute Gasteiger partial charge is 0.417 e. The number of aromatic amines is 1. The number of benzene rings is 2. The number of thiazole rings is 1. The first-order valence-corrected chi connectivity index (χ1v) is 9.43. The SMILES string of the molecule is O=C(CCC(=O)c1ccccc1)Nc1nc(-c2ccc3[nH]c(=O)oc3c2)cs1. The zero-order valence-corrected chi connectivity index (χ0v) is 15.4. The Bertz CT molecular complexity index is 1210. The van der Waals surface area contributed by atoms with Crippen molar-refractivity contribution in [3.63, 3.8) is 0 Å². The van der Waals surface area contributed by atoms with Crippen molar-refractivity contribution in [2.24, 2.45) is 0 Å². The molecular formula is C20H15N3O4S. The first-order valence-electron chi connectivity index (χ1n) is 8.55. The van der Waals surface area contributed by atoms with Gasteiger partial charge in [-0.05, 0) is 12.1 Å². The van der Waals surface area contributed by atoms with E-state index in [4.69, 9.17) is 4.42 Å². The first kappa shape index (κ1) is 17.9. The van der Waals surface area contributed by atoms with Gasteiger partial charge < -0.3 is 9.73 Å². The van der Waals surface area contributed by atoms with E-state index >= 15 is 0 Å². The van der Waals surface area contributed by atoms with Gasteiger partial charge in [-0.3, -0.25) is 14.6 Å². The third kappa shape index (κ3) is 3.91. The summed E-state index contributed by atoms with van der Waals surface area (Å²) in [6.45, 7) is 0. The molecule has 0 spiro atoms. The normalized spacial score (nSPS) is 10.9. The Balaban J connectivity index is 1.39. The van der Waals surface area contributed by atoms with Gasteiger partial charge in [0.1, 0.15) is 0 Å². The van der Waals surface area contributed by atoms with E-state index in [1.165, 1.54) is 11.3 Å². The van der Waals surface area contributed by atoms with Gasteiger partial charge in [-0.25, -0.2) is 9.78 Å². The Labute approximate surface area is 163 Å². The summed E-state index contributed by atoms with van der Waals surface area (Å²) in [5.74, 6) is -0.849. The van der Waals surface area contributed by atoms with Crippen molar-refractivity contribution in [2.45, 2.75) is 12.8 Å². The predicted molar refractivity (Wildman–Crippen MR) is 107 cm³/mol. The van der Waals surface area contributed by atoms with Crippen LogP contribution < -0.4 is 11.1 Å². The smallest absolute Gasteiger partial charge is 0.408 e. The van der Waals surface area contributed by atoms with Crippen LogP contribution in [0.5, 0.6) is 0 Å². The molecule has 0 unspecified atom stereocenters. The molecule has 4 rings (SSSR count). The molecule has 1 amide bonds. The lowest BCUT2D eigenvalue weighted by Crippen LogP contribution is -2.13. The van der Waals surface area contributed by atoms with Gasteiger partial charge in [-0.15, -0.1) is 11.3 Å². The van der Waals surface area contributed by atoms with Crippen LogP contribution in [0.3, 0.4) is 0 Å². The lowest BCUT2D eigenvalue weighted by molar-refractivity contribution is -0.116. The summed E-state index contributed by atoms with van der Waals surface area (Å²) >= 11 is 1.29. The number of oxazole rings is 1. The average molecular weight is 393 g/mol. The first-order chi connectivity index (χ1) is 13.6. The molecule has 2 aromatic heterocycles. The van der Waals surface area contributed by atoms with Crippen molar-refractivity contribution in [3.05, 3.63) is 70.0 Å². The van der Waals surface area contributed by atoms with E-state index in [0.717, 1.165) is 5.56 Å². The summed E-state index contributed by atoms with van der Waals surface area (Å²) < 4.78 is 5.06. The van der Waals surface area contributed by atoms with Crippen molar-refractivity contribution in [1.29, 1.82) is 0 Å². The van der Waals surface area contributed by atoms with Gasteiger partial charge in [0.25, 0.3) is 0 Å². The zero-order valence-electron chi connectivity index (χ0n) is 14.6. The summed E-state index contributed by atoms with van der Waals surface area (Å²) in [4.78, 5) is 42.4. The van der Waals surface area contributed by atoms with Crippen molar-refractivity contribution in [1.82, 2.24) is 9.97 Å². The van der Waals surface area contributed by atoms with Crippen LogP contribution in [-0.2, 0) is 4.79 Å². The van der Waals surface area contributed by atoms with Gasteiger partial charge in [0, 0.05) is 29.3 Å². The van der Waals surface area contributed by atoms with Gasteiger partial charge in [-0.2, -0.15) is 0 Å². The highest BCUT2D eigenvalue weighted by Crippen LogP contribution is 2.27. The van der Waals surface area contributed by atoms with Crippen LogP contribution in [0.15, 0.2) is 63.1 Å². The minimum atomic E-state index is -0.511. The number of ketones is 1. The van der Waals surface area contributed by atoms with E-state index in [1.54, 1.807) is 41.8 Å². The van der Waals surface area contributed by atoms with Crippen LogP contribution in [0.2, 0.25) is 0 Å². The molecule has 2 N–H and O–H groups in total. The fourth-order valence-electron chi connectivity index (χ4n) is 2.75. The molecular weight excluding hydrogens is 378 g/mol. The van der Waals surface area contributed by atoms with Gasteiger partial charge in [-0.1, -0.05) is 36.4 Å². The Morgan fingerprint density at radius 2 is 1.93 bits per heavy atom. The minimum Gasteiger partial charge on any atom is -0.408 e. The van der Waals surface area contributed by atoms with Crippen molar-refractivity contribution in [3.8, 4) is 11.3 Å². The maximum atomic E-state index is 12.1. The quantitative estimate of drug-likeness (QED) is 0.484. The summed E-state index contributed by atoms with van der Waals surface area (Å²) in [5.41, 5.74) is 3.08. The number of Topliss-reactive ketones (excluding diaryl/α,β-unsaturated/α-hetero) is 1. The number of fused-ring (bicyclic) bond motifs is 1. The van der Waals surface area contributed by atoms with Gasteiger partial charge >= 0.3 is 5.76 Å². The molecule has 0 atom stereocenters. The molecule has 0 aliphatic heterocycles. The molecule has 0 saturated carbocycles. The number of nitrogens with zero attached hydrogens (tertiary/aromatic N) is 1. The fraction of sp³-hybridized carbons (Fsp3) is 0.100. The number of carbonyl (C=O) groups excluding carboxylic acids is 2. The molecule has 2 heterocycles. The van der Waals surface area contributed by atoms with Crippen LogP contribution in [0.1, 0.15) is 23.2 Å². The van der Waals surface area contributed by atoms with E-state index in [2.05, 4.69) is 15.3 Å². The fourth-order valence-corrected chi connectivity index (χ4v) is 3.48. The third-order valence-electron chi connectivity index (χ3n) is 4.14. The minimum absolute atomic E-state index is 0.0723. The average Bonchev–Trinajstić information content (AvgIpc) is 3.31. The maximum absolute atomic E-state index is 12.1. The van der Waals surface area contributed by atoms with Gasteiger partial charge in [0.2, 0.25) is 5.91 Å². The number of amides is 1. The second-order valence-corrected chi connectivity index (χ2v) is 6.96. The molecule has 28 heavy (non-hydrogen) atoms. The Kier molecular flexibility index (Phi) is 4.86. The van der Waals surface area contributed by atoms with Crippen molar-refractivity contribution < 1.29 is 14.0 Å². The molecule has 0 saturated heterocycles. The van der Waals surface area contributed by atoms with Crippen molar-refractivity contribution in [2.75, 3.05) is 5.32 Å². The highest BCUT2D eigenvalue weighted by Gasteiger charge is 2.12. The van der Waals surface area contributed by atoms with Crippen LogP contribution in [0.4, 0.5) is 5.13 Å². The third-order valence-corrected chi connectivity index (χ3v) is 4.90. The molecule has 0 aliphatic carbocycles. The van der Waals surface area contributed by atoms with Gasteiger partial charge in [0.15, 0.2) is 16.5 Å². The second kappa shape index (κ2) is 7.61. The molecule has 0 aliphatic rings. The van der Waals surface area contributed by atoms with Crippen molar-refractivity contribution >= 4 is 39.3 Å². The van der Waals surface area contributed by atoms with Crippen LogP contribution in [-0.4, -0.2) is 21.7 Å². The number of H-pyrrole nitrogens is 1. The monoisotopic (exact) mass is 393 g/mol. The number of nitrogens with one attached hydrogen (secondary N) is 2. The number of carbonyl (C=O) groups is 2. The summed E-state index contributed by atoms with van der Waals surface area (Å²) in [5, 5.41) is 4.97. The lowest BCUT2D eigenvalue weighted by Gasteiger charge is -2.02. The number of hydrogen-bond donors (Lipinski definition) is 2. The Hall–Kier alpha value is -3.52. The van der Waals surface area contributed by atoms with Crippen LogP contribution in [0, 0.1) is 0 Å². The number of aromatic nitrogens is 2. The van der Waals surface area contributed by atoms with E-state index in [9.17, 15) is 14.4 Å². The standard InChI is InChI=1S/C20H15N3O4S/c24-16(12-4-2-1-3-5-12)8-9-18(25)23-19-21-15(11-28-19)13-6-7-14-17(10-13)27-20(26)22-14/h1-7,10-11H,8-9H2,(H,22,26)(H,21,23,25). The Morgan fingerprint density at radius 1 is 1.11 bits per heavy atom. The molecule has 0 radical (unpaired) electrons. The molecule has 0 fully saturated rings. The zero-order chi connectivity index (χ0) is 19.5. The number of rotatable bonds is 6. The van der Waals surface area contributed by atoms with Crippen LogP contribution >= 0.6 is 11.3 Å². The molecule has 8 heteroatoms. The highest BCUT2D eigenvalue weighted by atomic mass is 32.1. The number of anilines is 1. The number of hydrogen-bond acceptors (Lipinski definition) is 6. The summed E-state index contributed by atoms with van der Waals surface area (Å²) in [7, 11) is 0. The predicted octanol–water partition coefficient (Wildman–Crippen LogP) is 3.85. The molecule has 2 aromatic carbocycles. The van der Waals surface area contributed by atoms with E-state index < -0.39 is 5.76 Å². The topological polar surface area (TPSA) is 105 Å². The molecule has 0 bridgehead atoms. The van der Waals surface area contributed by atoms with Crippen LogP contribution in [0.25, 0.3) is 22.4 Å². The summed E-state index contributed by atoms with van der Waals surface area (Å²) in [6.07, 6.45) is 0.223. The van der Waals surface area contributed by atoms with E-state index in [1.807, 2.05) is 12.1 Å². The highest BCUT2D eigenvalue weighted by molar-refractivity contribution is 7.14. The maximum Gasteiger partial charge on any atom is 0.417 e.